The Balaban J connectivity index is 6.73. The van der Waals surface area contributed by atoms with Gasteiger partial charge in [-0.1, -0.05) is 0 Å². The highest BCUT2D eigenvalue weighted by atomic mass is 19.4. The predicted octanol–water partition coefficient (Wildman–Crippen LogP) is 5.33. The largest absolute Gasteiger partial charge is 0.460 e. The average molecular weight is 482 g/mol. The van der Waals surface area contributed by atoms with Gasteiger partial charge in [-0.25, -0.2) is 4.39 Å². The molecule has 1 atom stereocenters. The Bertz CT molecular complexity index is 588. The summed E-state index contributed by atoms with van der Waals surface area (Å²) in [7, 11) is 0. The molecule has 19 heteroatoms. The molecule has 0 radical (unpaired) electrons. The third kappa shape index (κ3) is 3.35. The summed E-state index contributed by atoms with van der Waals surface area (Å²) in [6.45, 7) is -3.12. The molecule has 0 fully saturated rings. The van der Waals surface area contributed by atoms with Crippen LogP contribution < -0.4 is 0 Å². The van der Waals surface area contributed by atoms with Crippen LogP contribution >= 0.6 is 0 Å². The molecule has 0 aliphatic heterocycles. The summed E-state index contributed by atoms with van der Waals surface area (Å²) in [5.41, 5.74) is 0. The minimum atomic E-state index is -8.75. The van der Waals surface area contributed by atoms with E-state index in [2.05, 4.69) is 0 Å². The van der Waals surface area contributed by atoms with Crippen molar-refractivity contribution in [3.63, 3.8) is 0 Å². The van der Waals surface area contributed by atoms with Gasteiger partial charge in [0.25, 0.3) is 0 Å². The molecule has 0 saturated carbocycles. The van der Waals surface area contributed by atoms with Crippen molar-refractivity contribution in [3.8, 4) is 0 Å². The molecule has 1 unspecified atom stereocenters. The zero-order valence-electron chi connectivity index (χ0n) is 12.5. The molecular formula is C10H4F18O. The first-order valence-corrected chi connectivity index (χ1v) is 6.19. The van der Waals surface area contributed by atoms with Crippen molar-refractivity contribution in [1.82, 2.24) is 0 Å². The zero-order valence-corrected chi connectivity index (χ0v) is 12.5. The van der Waals surface area contributed by atoms with Crippen LogP contribution in [0, 0.1) is 0 Å². The number of aliphatic hydroxyl groups excluding tert-OH is 1. The normalized spacial score (nSPS) is 17.5. The monoisotopic (exact) mass is 482 g/mol. The molecule has 0 aliphatic rings. The summed E-state index contributed by atoms with van der Waals surface area (Å²) >= 11 is 0. The van der Waals surface area contributed by atoms with Crippen LogP contribution in [0.2, 0.25) is 0 Å². The Labute approximate surface area is 146 Å². The van der Waals surface area contributed by atoms with Crippen LogP contribution in [0.5, 0.6) is 0 Å². The van der Waals surface area contributed by atoms with E-state index in [1.807, 2.05) is 0 Å². The van der Waals surface area contributed by atoms with Crippen LogP contribution in [0.15, 0.2) is 0 Å². The first-order valence-electron chi connectivity index (χ1n) is 6.19. The summed E-state index contributed by atoms with van der Waals surface area (Å²) in [5, 5.41) is 8.16. The van der Waals surface area contributed by atoms with Crippen LogP contribution in [-0.2, 0) is 0 Å². The van der Waals surface area contributed by atoms with Crippen LogP contribution in [0.25, 0.3) is 0 Å². The number of hydrogen-bond acceptors (Lipinski definition) is 1. The third-order valence-electron chi connectivity index (χ3n) is 3.31. The lowest BCUT2D eigenvalue weighted by Gasteiger charge is -2.43. The van der Waals surface area contributed by atoms with Crippen LogP contribution in [0.1, 0.15) is 0 Å². The number of aliphatic hydroxyl groups is 1. The molecule has 1 nitrogen and oxygen atoms in total. The molecule has 29 heavy (non-hydrogen) atoms. The molecular weight excluding hydrogens is 478 g/mol. The molecule has 0 bridgehead atoms. The van der Waals surface area contributed by atoms with Crippen molar-refractivity contribution in [2.45, 2.75) is 53.7 Å². The molecule has 0 aromatic rings. The lowest BCUT2D eigenvalue weighted by Crippen LogP contribution is -2.75. The lowest BCUT2D eigenvalue weighted by atomic mass is 9.88. The zero-order chi connectivity index (χ0) is 24.3. The maximum Gasteiger partial charge on any atom is 0.460 e. The minimum absolute atomic E-state index is 3.12. The average Bonchev–Trinajstić information content (AvgIpc) is 2.51. The van der Waals surface area contributed by atoms with E-state index >= 15 is 0 Å². The van der Waals surface area contributed by atoms with Crippen molar-refractivity contribution in [2.75, 3.05) is 6.67 Å². The van der Waals surface area contributed by atoms with Crippen molar-refractivity contribution in [1.29, 1.82) is 0 Å². The fraction of sp³-hybridized carbons (Fsp3) is 1.00. The quantitative estimate of drug-likeness (QED) is 0.465. The van der Waals surface area contributed by atoms with Crippen molar-refractivity contribution < 1.29 is 84.1 Å². The van der Waals surface area contributed by atoms with Crippen molar-refractivity contribution in [3.05, 3.63) is 0 Å². The molecule has 0 rings (SSSR count). The molecule has 176 valence electrons. The van der Waals surface area contributed by atoms with E-state index in [0.29, 0.717) is 0 Å². The second kappa shape index (κ2) is 6.86. The van der Waals surface area contributed by atoms with Gasteiger partial charge < -0.3 is 5.11 Å². The van der Waals surface area contributed by atoms with Crippen LogP contribution in [0.4, 0.5) is 79.0 Å². The number of alkyl halides is 18. The van der Waals surface area contributed by atoms with E-state index in [9.17, 15) is 79.0 Å². The Kier molecular flexibility index (Phi) is 6.55. The van der Waals surface area contributed by atoms with Gasteiger partial charge in [0.1, 0.15) is 6.67 Å². The number of hydrogen-bond donors (Lipinski definition) is 1. The fourth-order valence-electron chi connectivity index (χ4n) is 1.48. The summed E-state index contributed by atoms with van der Waals surface area (Å²) < 4.78 is 228. The van der Waals surface area contributed by atoms with Gasteiger partial charge in [-0.05, 0) is 0 Å². The first kappa shape index (κ1) is 27.7. The predicted molar refractivity (Wildman–Crippen MR) is 52.7 cm³/mol. The lowest BCUT2D eigenvalue weighted by molar-refractivity contribution is -0.464. The van der Waals surface area contributed by atoms with E-state index in [0.717, 1.165) is 0 Å². The molecule has 0 aromatic heterocycles. The van der Waals surface area contributed by atoms with Crippen LogP contribution in [-0.4, -0.2) is 65.5 Å². The third-order valence-corrected chi connectivity index (χ3v) is 3.31. The molecule has 0 heterocycles. The summed E-state index contributed by atoms with van der Waals surface area (Å²) in [5.74, 6) is -58.0. The Morgan fingerprint density at radius 2 is 0.690 bits per heavy atom. The molecule has 0 amide bonds. The van der Waals surface area contributed by atoms with Gasteiger partial charge in [-0.15, -0.1) is 0 Å². The summed E-state index contributed by atoms with van der Waals surface area (Å²) in [6, 6.07) is 0. The SMILES string of the molecule is OC(CF)C(F)(F)C(F)(F)C(F)(F)C(F)(F)C(F)(F)C(F)(F)C(F)(F)C(F)(F)F. The minimum Gasteiger partial charge on any atom is -0.384 e. The summed E-state index contributed by atoms with van der Waals surface area (Å²) in [6.07, 6.45) is -12.5. The van der Waals surface area contributed by atoms with Crippen molar-refractivity contribution >= 4 is 0 Å². The fourth-order valence-corrected chi connectivity index (χ4v) is 1.48. The van der Waals surface area contributed by atoms with Gasteiger partial charge in [0.2, 0.25) is 0 Å². The number of rotatable bonds is 8. The smallest absolute Gasteiger partial charge is 0.384 e. The van der Waals surface area contributed by atoms with E-state index in [4.69, 9.17) is 5.11 Å². The molecule has 0 aromatic carbocycles. The molecule has 0 saturated heterocycles. The van der Waals surface area contributed by atoms with Gasteiger partial charge in [0.05, 0.1) is 0 Å². The van der Waals surface area contributed by atoms with Gasteiger partial charge >= 0.3 is 47.6 Å². The molecule has 0 spiro atoms. The highest BCUT2D eigenvalue weighted by Gasteiger charge is 2.95. The van der Waals surface area contributed by atoms with Crippen molar-refractivity contribution in [2.24, 2.45) is 0 Å². The van der Waals surface area contributed by atoms with E-state index in [-0.39, 0.29) is 0 Å². The highest BCUT2D eigenvalue weighted by Crippen LogP contribution is 2.64. The van der Waals surface area contributed by atoms with E-state index in [1.165, 1.54) is 0 Å². The Morgan fingerprint density at radius 3 is 0.931 bits per heavy atom. The van der Waals surface area contributed by atoms with Crippen LogP contribution in [0.3, 0.4) is 0 Å². The highest BCUT2D eigenvalue weighted by molar-refractivity contribution is 5.15. The van der Waals surface area contributed by atoms with Gasteiger partial charge in [0, 0.05) is 0 Å². The second-order valence-corrected chi connectivity index (χ2v) is 5.24. The standard InChI is InChI=1S/C10H4F18O/c11-1-2(29)3(12,13)4(14,15)5(16,17)6(18,19)7(20,21)8(22,23)9(24,25)10(26,27)28/h2,29H,1H2. The number of halogens is 18. The van der Waals surface area contributed by atoms with Gasteiger partial charge in [-0.3, -0.25) is 0 Å². The maximum absolute atomic E-state index is 13.1. The summed E-state index contributed by atoms with van der Waals surface area (Å²) in [4.78, 5) is 0. The molecule has 1 N–H and O–H groups in total. The van der Waals surface area contributed by atoms with Gasteiger partial charge in [-0.2, -0.15) is 74.6 Å². The molecule has 0 aliphatic carbocycles. The van der Waals surface area contributed by atoms with Gasteiger partial charge in [0.15, 0.2) is 6.10 Å². The second-order valence-electron chi connectivity index (χ2n) is 5.24. The van der Waals surface area contributed by atoms with E-state index in [1.54, 1.807) is 0 Å². The Hall–Kier alpha value is -1.30. The maximum atomic E-state index is 13.1. The first-order chi connectivity index (χ1) is 12.2. The topological polar surface area (TPSA) is 20.2 Å². The Morgan fingerprint density at radius 1 is 0.448 bits per heavy atom. The van der Waals surface area contributed by atoms with E-state index < -0.39 is 60.4 Å².